The number of rotatable bonds is 10. The molecule has 0 aromatic heterocycles. The number of hydrogen-bond acceptors (Lipinski definition) is 12. The molecular weight excluding hydrogens is 528 g/mol. The van der Waals surface area contributed by atoms with E-state index in [0.29, 0.717) is 5.57 Å². The van der Waals surface area contributed by atoms with Crippen molar-refractivity contribution in [2.45, 2.75) is 91.8 Å². The van der Waals surface area contributed by atoms with E-state index in [1.807, 2.05) is 0 Å². The highest BCUT2D eigenvalue weighted by atomic mass is 16.6. The highest BCUT2D eigenvalue weighted by Crippen LogP contribution is 2.33. The molecule has 0 bridgehead atoms. The van der Waals surface area contributed by atoms with E-state index in [-0.39, 0.29) is 31.6 Å². The van der Waals surface area contributed by atoms with Gasteiger partial charge in [0.2, 0.25) is 0 Å². The Balaban J connectivity index is 3.54. The standard InChI is InChI=1S/C28H42O12/c1-14(12-36-18(5)29)23-11-26(40-28(35)15(2)17(4)38-20(7)31)16(3)27(39-21(8)32)25(34)10-22(9-24(23)33)13-37-19(6)30/h9,14-15,17,23-27,33-34H,3,10-13H2,1-2,4-8H3/b22-9-/t14?,15?,17?,23-,24-,25-,26-,27-/m0/s1. The Morgan fingerprint density at radius 1 is 0.925 bits per heavy atom. The third-order valence-electron chi connectivity index (χ3n) is 6.65. The topological polar surface area (TPSA) is 172 Å². The van der Waals surface area contributed by atoms with Crippen LogP contribution in [0.3, 0.4) is 0 Å². The molecule has 12 nitrogen and oxygen atoms in total. The smallest absolute Gasteiger partial charge is 0.313 e. The van der Waals surface area contributed by atoms with E-state index >= 15 is 0 Å². The highest BCUT2D eigenvalue weighted by molar-refractivity contribution is 5.74. The summed E-state index contributed by atoms with van der Waals surface area (Å²) >= 11 is 0. The van der Waals surface area contributed by atoms with Crippen LogP contribution in [0.1, 0.15) is 61.3 Å². The first-order chi connectivity index (χ1) is 18.5. The summed E-state index contributed by atoms with van der Waals surface area (Å²) < 4.78 is 26.5. The third kappa shape index (κ3) is 11.5. The predicted molar refractivity (Wildman–Crippen MR) is 140 cm³/mol. The van der Waals surface area contributed by atoms with E-state index in [0.717, 1.165) is 6.92 Å². The molecule has 226 valence electrons. The summed E-state index contributed by atoms with van der Waals surface area (Å²) in [6, 6.07) is 0. The maximum atomic E-state index is 13.1. The number of carbonyl (C=O) groups excluding carboxylic acids is 5. The summed E-state index contributed by atoms with van der Waals surface area (Å²) in [5, 5.41) is 22.3. The fraction of sp³-hybridized carbons (Fsp3) is 0.679. The Labute approximate surface area is 234 Å². The summed E-state index contributed by atoms with van der Waals surface area (Å²) in [6.07, 6.45) is -4.72. The zero-order valence-corrected chi connectivity index (χ0v) is 24.2. The van der Waals surface area contributed by atoms with Gasteiger partial charge in [0.25, 0.3) is 0 Å². The van der Waals surface area contributed by atoms with Gasteiger partial charge in [-0.25, -0.2) is 0 Å². The first-order valence-electron chi connectivity index (χ1n) is 13.1. The molecule has 0 spiro atoms. The number of carbonyl (C=O) groups is 5. The van der Waals surface area contributed by atoms with Gasteiger partial charge in [-0.05, 0) is 37.7 Å². The number of esters is 5. The maximum absolute atomic E-state index is 13.1. The number of ether oxygens (including phenoxy) is 5. The van der Waals surface area contributed by atoms with Crippen LogP contribution in [0.15, 0.2) is 23.8 Å². The Bertz CT molecular complexity index is 970. The van der Waals surface area contributed by atoms with Crippen LogP contribution >= 0.6 is 0 Å². The predicted octanol–water partition coefficient (Wildman–Crippen LogP) is 1.79. The van der Waals surface area contributed by atoms with Gasteiger partial charge >= 0.3 is 29.8 Å². The molecule has 2 N–H and O–H groups in total. The van der Waals surface area contributed by atoms with Gasteiger partial charge < -0.3 is 33.9 Å². The number of aliphatic hydroxyl groups excluding tert-OH is 2. The summed E-state index contributed by atoms with van der Waals surface area (Å²) in [4.78, 5) is 59.3. The largest absolute Gasteiger partial charge is 0.466 e. The van der Waals surface area contributed by atoms with E-state index in [1.54, 1.807) is 6.92 Å². The van der Waals surface area contributed by atoms with E-state index in [2.05, 4.69) is 6.58 Å². The van der Waals surface area contributed by atoms with Gasteiger partial charge in [0.1, 0.15) is 18.8 Å². The minimum Gasteiger partial charge on any atom is -0.466 e. The molecular formula is C28H42O12. The van der Waals surface area contributed by atoms with Crippen molar-refractivity contribution in [3.8, 4) is 0 Å². The fourth-order valence-electron chi connectivity index (χ4n) is 4.28. The first kappa shape index (κ1) is 34.8. The highest BCUT2D eigenvalue weighted by Gasteiger charge is 2.39. The average Bonchev–Trinajstić information content (AvgIpc) is 2.84. The number of aliphatic hydroxyl groups is 2. The zero-order chi connectivity index (χ0) is 30.7. The van der Waals surface area contributed by atoms with Crippen LogP contribution in [-0.4, -0.2) is 83.8 Å². The van der Waals surface area contributed by atoms with Crippen LogP contribution < -0.4 is 0 Å². The van der Waals surface area contributed by atoms with Crippen LogP contribution in [0.4, 0.5) is 0 Å². The second-order valence-corrected chi connectivity index (χ2v) is 10.2. The lowest BCUT2D eigenvalue weighted by Gasteiger charge is -2.36. The first-order valence-corrected chi connectivity index (χ1v) is 13.1. The molecule has 0 saturated heterocycles. The summed E-state index contributed by atoms with van der Waals surface area (Å²) in [5.41, 5.74) is 0.401. The lowest BCUT2D eigenvalue weighted by molar-refractivity contribution is -0.163. The van der Waals surface area contributed by atoms with Gasteiger partial charge in [-0.3, -0.25) is 24.0 Å². The quantitative estimate of drug-likeness (QED) is 0.222. The Morgan fingerprint density at radius 3 is 2.05 bits per heavy atom. The van der Waals surface area contributed by atoms with Crippen molar-refractivity contribution >= 4 is 29.8 Å². The molecule has 40 heavy (non-hydrogen) atoms. The Hall–Kier alpha value is -3.25. The van der Waals surface area contributed by atoms with Crippen LogP contribution in [0.5, 0.6) is 0 Å². The molecule has 0 amide bonds. The molecule has 0 aromatic rings. The van der Waals surface area contributed by atoms with Crippen molar-refractivity contribution in [2.75, 3.05) is 13.2 Å². The lowest BCUT2D eigenvalue weighted by Crippen LogP contribution is -2.43. The maximum Gasteiger partial charge on any atom is 0.313 e. The normalized spacial score (nSPS) is 27.1. The van der Waals surface area contributed by atoms with Gasteiger partial charge in [-0.15, -0.1) is 0 Å². The fourth-order valence-corrected chi connectivity index (χ4v) is 4.28. The van der Waals surface area contributed by atoms with Crippen molar-refractivity contribution in [3.05, 3.63) is 23.8 Å². The average molecular weight is 571 g/mol. The molecule has 0 saturated carbocycles. The molecule has 1 aliphatic carbocycles. The Kier molecular flexibility index (Phi) is 14.0. The van der Waals surface area contributed by atoms with Crippen LogP contribution in [0, 0.1) is 17.8 Å². The second-order valence-electron chi connectivity index (χ2n) is 10.2. The van der Waals surface area contributed by atoms with Gasteiger partial charge in [0, 0.05) is 39.7 Å². The van der Waals surface area contributed by atoms with E-state index in [9.17, 15) is 34.2 Å². The van der Waals surface area contributed by atoms with Crippen LogP contribution in [-0.2, 0) is 47.7 Å². The second kappa shape index (κ2) is 16.1. The van der Waals surface area contributed by atoms with Gasteiger partial charge in [0.05, 0.1) is 24.7 Å². The van der Waals surface area contributed by atoms with E-state index in [4.69, 9.17) is 23.7 Å². The summed E-state index contributed by atoms with van der Waals surface area (Å²) in [5.74, 6) is -5.20. The molecule has 0 fully saturated rings. The third-order valence-corrected chi connectivity index (χ3v) is 6.65. The molecule has 0 aromatic carbocycles. The van der Waals surface area contributed by atoms with Crippen molar-refractivity contribution in [1.29, 1.82) is 0 Å². The molecule has 3 unspecified atom stereocenters. The molecule has 8 atom stereocenters. The van der Waals surface area contributed by atoms with E-state index < -0.39 is 78.1 Å². The van der Waals surface area contributed by atoms with E-state index in [1.165, 1.54) is 40.7 Å². The minimum absolute atomic E-state index is 0.0500. The Morgan fingerprint density at radius 2 is 1.52 bits per heavy atom. The van der Waals surface area contributed by atoms with Crippen molar-refractivity contribution in [3.63, 3.8) is 0 Å². The summed E-state index contributed by atoms with van der Waals surface area (Å²) in [7, 11) is 0. The molecule has 12 heteroatoms. The SMILES string of the molecule is C=C1[C@@H](OC(=O)C(C)C(C)OC(C)=O)C[C@@H](C(C)COC(C)=O)[C@@H](O)/C=C(\COC(C)=O)C[C@H](O)[C@H]1OC(C)=O. The van der Waals surface area contributed by atoms with Crippen LogP contribution in [0.2, 0.25) is 0 Å². The van der Waals surface area contributed by atoms with Gasteiger partial charge in [-0.1, -0.05) is 19.6 Å². The monoisotopic (exact) mass is 570 g/mol. The lowest BCUT2D eigenvalue weighted by atomic mass is 9.79. The zero-order valence-electron chi connectivity index (χ0n) is 24.2. The van der Waals surface area contributed by atoms with Crippen LogP contribution in [0.25, 0.3) is 0 Å². The van der Waals surface area contributed by atoms with Crippen molar-refractivity contribution < 1.29 is 57.9 Å². The number of hydrogen-bond donors (Lipinski definition) is 2. The van der Waals surface area contributed by atoms with Crippen molar-refractivity contribution in [1.82, 2.24) is 0 Å². The minimum atomic E-state index is -1.39. The molecule has 0 aliphatic heterocycles. The molecule has 1 aliphatic rings. The van der Waals surface area contributed by atoms with Crippen molar-refractivity contribution in [2.24, 2.45) is 17.8 Å². The molecule has 1 rings (SSSR count). The molecule has 0 radical (unpaired) electrons. The molecule has 0 heterocycles. The van der Waals surface area contributed by atoms with Gasteiger partial charge in [0.15, 0.2) is 6.10 Å². The summed E-state index contributed by atoms with van der Waals surface area (Å²) in [6.45, 7) is 13.3. The van der Waals surface area contributed by atoms with Gasteiger partial charge in [-0.2, -0.15) is 0 Å².